The van der Waals surface area contributed by atoms with Crippen LogP contribution in [0.25, 0.3) is 0 Å². The van der Waals surface area contributed by atoms with Crippen LogP contribution in [0.3, 0.4) is 0 Å². The van der Waals surface area contributed by atoms with Crippen molar-refractivity contribution in [3.8, 4) is 0 Å². The highest BCUT2D eigenvalue weighted by Gasteiger charge is 2.30. The zero-order valence-corrected chi connectivity index (χ0v) is 26.9. The number of carbonyl (C=O) groups excluding carboxylic acids is 1. The minimum atomic E-state index is -4.27. The first-order valence-electron chi connectivity index (χ1n) is 13.7. The van der Waals surface area contributed by atoms with Crippen molar-refractivity contribution in [2.75, 3.05) is 32.8 Å². The van der Waals surface area contributed by atoms with E-state index in [-0.39, 0.29) is 22.4 Å². The van der Waals surface area contributed by atoms with Crippen LogP contribution in [-0.4, -0.2) is 65.9 Å². The van der Waals surface area contributed by atoms with Crippen LogP contribution in [0.5, 0.6) is 0 Å². The summed E-state index contributed by atoms with van der Waals surface area (Å²) >= 11 is 9.38. The molecular formula is C29H36BrClN4O6S. The summed E-state index contributed by atoms with van der Waals surface area (Å²) in [5, 5.41) is 11.3. The Balaban J connectivity index is 1.86. The van der Waals surface area contributed by atoms with E-state index in [9.17, 15) is 23.3 Å². The van der Waals surface area contributed by atoms with Gasteiger partial charge in [0.15, 0.2) is 0 Å². The minimum absolute atomic E-state index is 0.00601. The summed E-state index contributed by atoms with van der Waals surface area (Å²) in [5.41, 5.74) is 1.50. The van der Waals surface area contributed by atoms with Crippen LogP contribution in [-0.2, 0) is 32.6 Å². The molecule has 0 atom stereocenters. The van der Waals surface area contributed by atoms with E-state index >= 15 is 0 Å². The minimum Gasteiger partial charge on any atom is -0.382 e. The highest BCUT2D eigenvalue weighted by molar-refractivity contribution is 9.10. The third kappa shape index (κ3) is 9.37. The van der Waals surface area contributed by atoms with E-state index < -0.39 is 27.2 Å². The van der Waals surface area contributed by atoms with Gasteiger partial charge in [0, 0.05) is 55.3 Å². The number of nitro groups is 1. The average Bonchev–Trinajstić information content (AvgIpc) is 3.39. The molecule has 3 aromatic rings. The Morgan fingerprint density at radius 1 is 1.10 bits per heavy atom. The first-order valence-corrected chi connectivity index (χ1v) is 16.4. The fourth-order valence-corrected chi connectivity index (χ4v) is 6.23. The molecule has 0 unspecified atom stereocenters. The maximum absolute atomic E-state index is 13.7. The Bertz CT molecular complexity index is 1450. The Labute approximate surface area is 260 Å². The van der Waals surface area contributed by atoms with Gasteiger partial charge in [0.05, 0.1) is 22.9 Å². The topological polar surface area (TPSA) is 115 Å². The van der Waals surface area contributed by atoms with Crippen molar-refractivity contribution in [2.24, 2.45) is 0 Å². The SMILES string of the molecule is CCCCN(Cc1cccn1Cc1ccc(Br)cc1)C(=O)CN(CCCOCC)S(=O)(=O)c1ccc(Cl)c([N+](=O)[O-])c1. The molecule has 1 heterocycles. The lowest BCUT2D eigenvalue weighted by Crippen LogP contribution is -2.43. The van der Waals surface area contributed by atoms with Gasteiger partial charge >= 0.3 is 0 Å². The molecule has 1 aromatic heterocycles. The van der Waals surface area contributed by atoms with Gasteiger partial charge in [-0.05, 0) is 61.7 Å². The van der Waals surface area contributed by atoms with Crippen molar-refractivity contribution in [1.29, 1.82) is 0 Å². The second-order valence-corrected chi connectivity index (χ2v) is 12.9. The largest absolute Gasteiger partial charge is 0.382 e. The number of halogens is 2. The molecule has 13 heteroatoms. The van der Waals surface area contributed by atoms with Crippen molar-refractivity contribution in [3.05, 3.63) is 91.7 Å². The van der Waals surface area contributed by atoms with Crippen LogP contribution in [0.2, 0.25) is 5.02 Å². The predicted octanol–water partition coefficient (Wildman–Crippen LogP) is 6.11. The molecule has 0 N–H and O–H groups in total. The molecule has 2 aromatic carbocycles. The van der Waals surface area contributed by atoms with E-state index in [0.29, 0.717) is 39.3 Å². The van der Waals surface area contributed by atoms with Gasteiger partial charge in [0.2, 0.25) is 15.9 Å². The van der Waals surface area contributed by atoms with Gasteiger partial charge in [0.25, 0.3) is 5.69 Å². The lowest BCUT2D eigenvalue weighted by Gasteiger charge is -2.28. The Morgan fingerprint density at radius 3 is 2.50 bits per heavy atom. The van der Waals surface area contributed by atoms with Crippen LogP contribution in [0, 0.1) is 10.1 Å². The lowest BCUT2D eigenvalue weighted by molar-refractivity contribution is -0.384. The number of hydrogen-bond acceptors (Lipinski definition) is 6. The average molecular weight is 684 g/mol. The number of benzene rings is 2. The summed E-state index contributed by atoms with van der Waals surface area (Å²) in [6, 6.07) is 15.2. The summed E-state index contributed by atoms with van der Waals surface area (Å²) in [6.07, 6.45) is 3.91. The molecule has 228 valence electrons. The predicted molar refractivity (Wildman–Crippen MR) is 166 cm³/mol. The Morgan fingerprint density at radius 2 is 1.83 bits per heavy atom. The van der Waals surface area contributed by atoms with Crippen molar-refractivity contribution in [1.82, 2.24) is 13.8 Å². The van der Waals surface area contributed by atoms with E-state index in [1.54, 1.807) is 4.90 Å². The van der Waals surface area contributed by atoms with Gasteiger partial charge in [-0.25, -0.2) is 8.42 Å². The molecular weight excluding hydrogens is 648 g/mol. The molecule has 0 bridgehead atoms. The van der Waals surface area contributed by atoms with Crippen LogP contribution in [0.1, 0.15) is 44.4 Å². The molecule has 42 heavy (non-hydrogen) atoms. The smallest absolute Gasteiger partial charge is 0.289 e. The number of nitro benzene ring substituents is 1. The summed E-state index contributed by atoms with van der Waals surface area (Å²) in [6.45, 7) is 5.62. The van der Waals surface area contributed by atoms with Gasteiger partial charge < -0.3 is 14.2 Å². The van der Waals surface area contributed by atoms with Crippen molar-refractivity contribution < 1.29 is 22.9 Å². The zero-order valence-electron chi connectivity index (χ0n) is 23.7. The number of carbonyl (C=O) groups is 1. The van der Waals surface area contributed by atoms with Gasteiger partial charge in [0.1, 0.15) is 5.02 Å². The Hall–Kier alpha value is -2.77. The van der Waals surface area contributed by atoms with Crippen LogP contribution in [0.4, 0.5) is 5.69 Å². The standard InChI is InChI=1S/C29H36BrClN4O6S/c1-3-5-15-33(21-25-8-6-16-32(25)20-23-9-11-24(30)12-10-23)29(36)22-34(17-7-18-41-4-2)42(39,40)26-13-14-27(31)28(19-26)35(37)38/h6,8-14,16,19H,3-5,7,15,17-18,20-22H2,1-2H3. The van der Waals surface area contributed by atoms with E-state index in [1.165, 1.54) is 12.1 Å². The van der Waals surface area contributed by atoms with Crippen LogP contribution in [0.15, 0.2) is 70.2 Å². The van der Waals surface area contributed by atoms with Gasteiger partial charge in [-0.3, -0.25) is 14.9 Å². The first kappa shape index (κ1) is 33.7. The monoisotopic (exact) mass is 682 g/mol. The number of ether oxygens (including phenoxy) is 1. The summed E-state index contributed by atoms with van der Waals surface area (Å²) < 4.78 is 36.9. The molecule has 0 fully saturated rings. The molecule has 3 rings (SSSR count). The van der Waals surface area contributed by atoms with Gasteiger partial charge in [-0.2, -0.15) is 4.31 Å². The van der Waals surface area contributed by atoms with E-state index in [0.717, 1.165) is 38.9 Å². The number of hydrogen-bond donors (Lipinski definition) is 0. The Kier molecular flexibility index (Phi) is 13.0. The van der Waals surface area contributed by atoms with Crippen molar-refractivity contribution >= 4 is 49.1 Å². The number of aromatic nitrogens is 1. The van der Waals surface area contributed by atoms with Gasteiger partial charge in [-0.1, -0.05) is 53.0 Å². The highest BCUT2D eigenvalue weighted by Crippen LogP contribution is 2.29. The summed E-state index contributed by atoms with van der Waals surface area (Å²) in [5.74, 6) is -0.358. The summed E-state index contributed by atoms with van der Waals surface area (Å²) in [7, 11) is -4.27. The molecule has 0 saturated heterocycles. The molecule has 0 spiro atoms. The lowest BCUT2D eigenvalue weighted by atomic mass is 10.2. The quantitative estimate of drug-likeness (QED) is 0.0964. The molecule has 0 aliphatic heterocycles. The molecule has 1 amide bonds. The van der Waals surface area contributed by atoms with E-state index in [1.807, 2.05) is 56.4 Å². The molecule has 10 nitrogen and oxygen atoms in total. The fourth-order valence-electron chi connectivity index (χ4n) is 4.33. The van der Waals surface area contributed by atoms with E-state index in [2.05, 4.69) is 20.5 Å². The van der Waals surface area contributed by atoms with Crippen LogP contribution >= 0.6 is 27.5 Å². The molecule has 0 aliphatic carbocycles. The number of nitrogens with zero attached hydrogens (tertiary/aromatic N) is 4. The number of rotatable bonds is 17. The zero-order chi connectivity index (χ0) is 30.7. The van der Waals surface area contributed by atoms with Crippen molar-refractivity contribution in [2.45, 2.75) is 51.1 Å². The van der Waals surface area contributed by atoms with Crippen molar-refractivity contribution in [3.63, 3.8) is 0 Å². The second-order valence-electron chi connectivity index (χ2n) is 9.68. The number of unbranched alkanes of at least 4 members (excludes halogenated alkanes) is 1. The fraction of sp³-hybridized carbons (Fsp3) is 0.414. The third-order valence-corrected chi connectivity index (χ3v) is 9.33. The van der Waals surface area contributed by atoms with Gasteiger partial charge in [-0.15, -0.1) is 0 Å². The van der Waals surface area contributed by atoms with Crippen LogP contribution < -0.4 is 0 Å². The summed E-state index contributed by atoms with van der Waals surface area (Å²) in [4.78, 5) is 25.8. The highest BCUT2D eigenvalue weighted by atomic mass is 79.9. The number of amides is 1. The van der Waals surface area contributed by atoms with E-state index in [4.69, 9.17) is 16.3 Å². The third-order valence-electron chi connectivity index (χ3n) is 6.64. The molecule has 0 radical (unpaired) electrons. The maximum atomic E-state index is 13.7. The maximum Gasteiger partial charge on any atom is 0.289 e. The first-order chi connectivity index (χ1) is 20.1. The molecule has 0 aliphatic rings. The molecule has 0 saturated carbocycles. The number of sulfonamides is 1. The second kappa shape index (κ2) is 16.2. The normalized spacial score (nSPS) is 11.6.